The lowest BCUT2D eigenvalue weighted by Gasteiger charge is -2.09. The molecule has 106 valence electrons. The first-order valence-corrected chi connectivity index (χ1v) is 6.86. The molecule has 0 unspecified atom stereocenters. The van der Waals surface area contributed by atoms with Gasteiger partial charge in [-0.15, -0.1) is 0 Å². The van der Waals surface area contributed by atoms with E-state index in [2.05, 4.69) is 10.3 Å². The van der Waals surface area contributed by atoms with E-state index in [1.807, 2.05) is 19.9 Å². The van der Waals surface area contributed by atoms with Crippen molar-refractivity contribution in [2.24, 2.45) is 0 Å². The number of carbonyl (C=O) groups excluding carboxylic acids is 1. The van der Waals surface area contributed by atoms with Crippen LogP contribution in [0.15, 0.2) is 36.4 Å². The first-order valence-electron chi connectivity index (χ1n) is 6.48. The van der Waals surface area contributed by atoms with Crippen LogP contribution in [0.2, 0.25) is 5.15 Å². The molecule has 0 saturated heterocycles. The van der Waals surface area contributed by atoms with Crippen LogP contribution >= 0.6 is 11.6 Å². The highest BCUT2D eigenvalue weighted by atomic mass is 35.5. The van der Waals surface area contributed by atoms with Crippen molar-refractivity contribution < 1.29 is 4.79 Å². The summed E-state index contributed by atoms with van der Waals surface area (Å²) in [6.07, 6.45) is 0. The van der Waals surface area contributed by atoms with Crippen LogP contribution < -0.4 is 5.32 Å². The predicted octanol–water partition coefficient (Wildman–Crippen LogP) is 3.98. The van der Waals surface area contributed by atoms with E-state index < -0.39 is 0 Å². The van der Waals surface area contributed by atoms with E-state index in [-0.39, 0.29) is 17.0 Å². The van der Waals surface area contributed by atoms with Gasteiger partial charge in [0, 0.05) is 16.9 Å². The monoisotopic (exact) mass is 299 g/mol. The normalized spacial score (nSPS) is 10.2. The molecule has 21 heavy (non-hydrogen) atoms. The third kappa shape index (κ3) is 3.80. The zero-order chi connectivity index (χ0) is 15.4. The topological polar surface area (TPSA) is 65.8 Å². The Hall–Kier alpha value is -2.38. The molecule has 4 nitrogen and oxygen atoms in total. The van der Waals surface area contributed by atoms with Gasteiger partial charge in [0.05, 0.1) is 11.6 Å². The van der Waals surface area contributed by atoms with Crippen molar-refractivity contribution in [2.45, 2.75) is 19.8 Å². The molecule has 0 saturated carbocycles. The van der Waals surface area contributed by atoms with Crippen LogP contribution in [-0.2, 0) is 0 Å². The van der Waals surface area contributed by atoms with E-state index in [1.165, 1.54) is 6.07 Å². The number of anilines is 1. The van der Waals surface area contributed by atoms with Gasteiger partial charge in [-0.2, -0.15) is 5.26 Å². The van der Waals surface area contributed by atoms with Gasteiger partial charge in [-0.25, -0.2) is 4.98 Å². The van der Waals surface area contributed by atoms with Crippen LogP contribution in [0.4, 0.5) is 5.69 Å². The first kappa shape index (κ1) is 15.0. The molecule has 1 aromatic heterocycles. The number of hydrogen-bond donors (Lipinski definition) is 1. The summed E-state index contributed by atoms with van der Waals surface area (Å²) in [6, 6.07) is 12.0. The predicted molar refractivity (Wildman–Crippen MR) is 82.4 cm³/mol. The van der Waals surface area contributed by atoms with Crippen molar-refractivity contribution in [3.8, 4) is 6.07 Å². The number of halogens is 1. The molecule has 1 aromatic carbocycles. The number of carbonyl (C=O) groups is 1. The van der Waals surface area contributed by atoms with E-state index >= 15 is 0 Å². The summed E-state index contributed by atoms with van der Waals surface area (Å²) < 4.78 is 0. The Kier molecular flexibility index (Phi) is 4.56. The molecule has 0 atom stereocenters. The van der Waals surface area contributed by atoms with Crippen molar-refractivity contribution in [3.63, 3.8) is 0 Å². The molecule has 1 amide bonds. The molecular weight excluding hydrogens is 286 g/mol. The molecule has 0 spiro atoms. The van der Waals surface area contributed by atoms with Crippen LogP contribution in [0, 0.1) is 11.3 Å². The number of nitrogens with zero attached hydrogens (tertiary/aromatic N) is 2. The molecule has 2 aromatic rings. The molecule has 0 aliphatic rings. The molecule has 1 N–H and O–H groups in total. The number of pyridine rings is 1. The number of hydrogen-bond acceptors (Lipinski definition) is 3. The second kappa shape index (κ2) is 6.38. The number of rotatable bonds is 3. The summed E-state index contributed by atoms with van der Waals surface area (Å²) in [7, 11) is 0. The van der Waals surface area contributed by atoms with Gasteiger partial charge < -0.3 is 5.32 Å². The van der Waals surface area contributed by atoms with Crippen LogP contribution in [0.25, 0.3) is 0 Å². The molecule has 0 bridgehead atoms. The molecule has 0 fully saturated rings. The summed E-state index contributed by atoms with van der Waals surface area (Å²) in [5.74, 6) is -0.103. The molecule has 2 rings (SSSR count). The molecule has 1 heterocycles. The lowest BCUT2D eigenvalue weighted by Crippen LogP contribution is -2.13. The smallest absolute Gasteiger partial charge is 0.255 e. The lowest BCUT2D eigenvalue weighted by molar-refractivity contribution is 0.102. The standard InChI is InChI=1S/C16H14ClN3O/c1-10(2)14-7-12(8-15(17)20-14)16(21)19-13-5-3-4-11(6-13)9-18/h3-8,10H,1-2H3,(H,19,21). The Morgan fingerprint density at radius 2 is 2.10 bits per heavy atom. The second-order valence-electron chi connectivity index (χ2n) is 4.90. The zero-order valence-electron chi connectivity index (χ0n) is 11.7. The summed E-state index contributed by atoms with van der Waals surface area (Å²) in [4.78, 5) is 16.5. The number of amides is 1. The quantitative estimate of drug-likeness (QED) is 0.872. The SMILES string of the molecule is CC(C)c1cc(C(=O)Nc2cccc(C#N)c2)cc(Cl)n1. The number of nitriles is 1. The number of aromatic nitrogens is 1. The fourth-order valence-electron chi connectivity index (χ4n) is 1.81. The molecule has 5 heteroatoms. The van der Waals surface area contributed by atoms with Gasteiger partial charge in [0.1, 0.15) is 5.15 Å². The first-order chi connectivity index (χ1) is 9.99. The highest BCUT2D eigenvalue weighted by molar-refractivity contribution is 6.29. The Morgan fingerprint density at radius 1 is 1.33 bits per heavy atom. The average molecular weight is 300 g/mol. The molecule has 0 radical (unpaired) electrons. The fourth-order valence-corrected chi connectivity index (χ4v) is 2.03. The molecular formula is C16H14ClN3O. The Balaban J connectivity index is 2.26. The molecule has 0 aliphatic carbocycles. The fraction of sp³-hybridized carbons (Fsp3) is 0.188. The highest BCUT2D eigenvalue weighted by Crippen LogP contribution is 2.19. The number of benzene rings is 1. The lowest BCUT2D eigenvalue weighted by atomic mass is 10.1. The van der Waals surface area contributed by atoms with Crippen LogP contribution in [-0.4, -0.2) is 10.9 Å². The summed E-state index contributed by atoms with van der Waals surface area (Å²) in [5, 5.41) is 11.9. The van der Waals surface area contributed by atoms with Crippen LogP contribution in [0.5, 0.6) is 0 Å². The van der Waals surface area contributed by atoms with Gasteiger partial charge in [-0.3, -0.25) is 4.79 Å². The van der Waals surface area contributed by atoms with Gasteiger partial charge in [0.2, 0.25) is 0 Å². The molecule has 0 aliphatic heterocycles. The zero-order valence-corrected chi connectivity index (χ0v) is 12.5. The summed E-state index contributed by atoms with van der Waals surface area (Å²) in [5.41, 5.74) is 2.26. The summed E-state index contributed by atoms with van der Waals surface area (Å²) >= 11 is 5.95. The third-order valence-corrected chi connectivity index (χ3v) is 3.11. The van der Waals surface area contributed by atoms with E-state index in [4.69, 9.17) is 16.9 Å². The van der Waals surface area contributed by atoms with Crippen LogP contribution in [0.1, 0.15) is 41.4 Å². The van der Waals surface area contributed by atoms with Crippen molar-refractivity contribution in [3.05, 3.63) is 58.4 Å². The van der Waals surface area contributed by atoms with Gasteiger partial charge in [-0.1, -0.05) is 31.5 Å². The maximum atomic E-state index is 12.3. The largest absolute Gasteiger partial charge is 0.322 e. The summed E-state index contributed by atoms with van der Waals surface area (Å²) in [6.45, 7) is 3.97. The van der Waals surface area contributed by atoms with E-state index in [0.29, 0.717) is 16.8 Å². The Labute approximate surface area is 128 Å². The Bertz CT molecular complexity index is 720. The van der Waals surface area contributed by atoms with E-state index in [0.717, 1.165) is 5.69 Å². The number of nitrogens with one attached hydrogen (secondary N) is 1. The van der Waals surface area contributed by atoms with Gasteiger partial charge >= 0.3 is 0 Å². The van der Waals surface area contributed by atoms with Gasteiger partial charge in [0.25, 0.3) is 5.91 Å². The van der Waals surface area contributed by atoms with E-state index in [9.17, 15) is 4.79 Å². The second-order valence-corrected chi connectivity index (χ2v) is 5.29. The van der Waals surface area contributed by atoms with Gasteiger partial charge in [0.15, 0.2) is 0 Å². The van der Waals surface area contributed by atoms with Crippen LogP contribution in [0.3, 0.4) is 0 Å². The highest BCUT2D eigenvalue weighted by Gasteiger charge is 2.11. The van der Waals surface area contributed by atoms with Crippen molar-refractivity contribution >= 4 is 23.2 Å². The third-order valence-electron chi connectivity index (χ3n) is 2.92. The van der Waals surface area contributed by atoms with Gasteiger partial charge in [-0.05, 0) is 36.2 Å². The Morgan fingerprint density at radius 3 is 2.76 bits per heavy atom. The average Bonchev–Trinajstić information content (AvgIpc) is 2.46. The minimum atomic E-state index is -0.281. The maximum absolute atomic E-state index is 12.3. The van der Waals surface area contributed by atoms with Crippen molar-refractivity contribution in [2.75, 3.05) is 5.32 Å². The van der Waals surface area contributed by atoms with E-state index in [1.54, 1.807) is 30.3 Å². The minimum absolute atomic E-state index is 0.178. The van der Waals surface area contributed by atoms with Crippen molar-refractivity contribution in [1.82, 2.24) is 4.98 Å². The maximum Gasteiger partial charge on any atom is 0.255 e. The van der Waals surface area contributed by atoms with Crippen molar-refractivity contribution in [1.29, 1.82) is 5.26 Å². The minimum Gasteiger partial charge on any atom is -0.322 e.